The number of aryl methyl sites for hydroxylation is 1. The number of nitrogens with one attached hydrogen (secondary N) is 2. The number of hydrogen-bond donors (Lipinski definition) is 4. The highest BCUT2D eigenvalue weighted by atomic mass is 16.5. The Kier molecular flexibility index (Phi) is 6.37. The number of hydrogen-bond acceptors (Lipinski definition) is 5. The molecule has 8 nitrogen and oxygen atoms in total. The molecule has 0 radical (unpaired) electrons. The van der Waals surface area contributed by atoms with E-state index in [1.165, 1.54) is 19.9 Å². The number of carbonyl (C=O) groups excluding carboxylic acids is 2. The molecule has 2 rings (SSSR count). The molecule has 0 aliphatic rings. The molecule has 0 spiro atoms. The standard InChI is InChI=1S/C20H22N2O6/c1-12-4-9-15(21-18(24)25)10-16(12)22-19(26)28-11-13-5-7-14(8-6-13)17(23)20(2,3)27/h4-10,21,27H,11H2,1-3H3,(H,22,26)(H,24,25). The van der Waals surface area contributed by atoms with E-state index >= 15 is 0 Å². The highest BCUT2D eigenvalue weighted by molar-refractivity contribution is 6.01. The van der Waals surface area contributed by atoms with Gasteiger partial charge in [0.05, 0.1) is 0 Å². The van der Waals surface area contributed by atoms with Gasteiger partial charge in [0, 0.05) is 16.9 Å². The Labute approximate surface area is 162 Å². The molecular formula is C20H22N2O6. The molecule has 0 aromatic heterocycles. The second-order valence-corrected chi connectivity index (χ2v) is 6.75. The predicted molar refractivity (Wildman–Crippen MR) is 104 cm³/mol. The lowest BCUT2D eigenvalue weighted by molar-refractivity contribution is 0.0488. The van der Waals surface area contributed by atoms with Gasteiger partial charge in [0.15, 0.2) is 5.78 Å². The maximum absolute atomic E-state index is 12.0. The lowest BCUT2D eigenvalue weighted by atomic mass is 9.96. The summed E-state index contributed by atoms with van der Waals surface area (Å²) in [7, 11) is 0. The molecule has 148 valence electrons. The zero-order valence-electron chi connectivity index (χ0n) is 15.8. The van der Waals surface area contributed by atoms with E-state index in [-0.39, 0.29) is 6.61 Å². The van der Waals surface area contributed by atoms with Crippen molar-refractivity contribution in [2.75, 3.05) is 10.6 Å². The number of benzene rings is 2. The largest absolute Gasteiger partial charge is 0.465 e. The molecule has 8 heteroatoms. The molecule has 2 aromatic rings. The molecule has 0 aliphatic carbocycles. The van der Waals surface area contributed by atoms with Crippen LogP contribution in [0.15, 0.2) is 42.5 Å². The van der Waals surface area contributed by atoms with Crippen LogP contribution in [-0.4, -0.2) is 33.8 Å². The average molecular weight is 386 g/mol. The van der Waals surface area contributed by atoms with Gasteiger partial charge in [-0.3, -0.25) is 15.4 Å². The van der Waals surface area contributed by atoms with Crippen LogP contribution in [0.3, 0.4) is 0 Å². The van der Waals surface area contributed by atoms with Crippen molar-refractivity contribution >= 4 is 29.3 Å². The molecule has 0 aliphatic heterocycles. The summed E-state index contributed by atoms with van der Waals surface area (Å²) in [6.45, 7) is 4.58. The smallest absolute Gasteiger partial charge is 0.411 e. The Bertz CT molecular complexity index is 885. The number of carboxylic acid groups (broad SMARTS) is 1. The van der Waals surface area contributed by atoms with Crippen molar-refractivity contribution < 1.29 is 29.3 Å². The molecule has 2 aromatic carbocycles. The lowest BCUT2D eigenvalue weighted by Crippen LogP contribution is -2.31. The fourth-order valence-electron chi connectivity index (χ4n) is 2.36. The number of Topliss-reactive ketones (excluding diaryl/α,β-unsaturated/α-hetero) is 1. The number of aliphatic hydroxyl groups is 1. The SMILES string of the molecule is Cc1ccc(NC(=O)O)cc1NC(=O)OCc1ccc(C(=O)C(C)(C)O)cc1. The van der Waals surface area contributed by atoms with Crippen molar-refractivity contribution in [3.8, 4) is 0 Å². The summed E-state index contributed by atoms with van der Waals surface area (Å²) in [5.41, 5.74) is 1.05. The minimum absolute atomic E-state index is 0.0189. The van der Waals surface area contributed by atoms with Gasteiger partial charge in [-0.25, -0.2) is 9.59 Å². The summed E-state index contributed by atoms with van der Waals surface area (Å²) in [5, 5.41) is 23.3. The van der Waals surface area contributed by atoms with Crippen LogP contribution in [-0.2, 0) is 11.3 Å². The van der Waals surface area contributed by atoms with Gasteiger partial charge in [0.1, 0.15) is 12.2 Å². The highest BCUT2D eigenvalue weighted by Crippen LogP contribution is 2.21. The Hall–Kier alpha value is -3.39. The van der Waals surface area contributed by atoms with E-state index in [0.717, 1.165) is 5.56 Å². The maximum Gasteiger partial charge on any atom is 0.411 e. The Morgan fingerprint density at radius 2 is 1.68 bits per heavy atom. The quantitative estimate of drug-likeness (QED) is 0.560. The summed E-state index contributed by atoms with van der Waals surface area (Å²) >= 11 is 0. The molecule has 0 fully saturated rings. The molecular weight excluding hydrogens is 364 g/mol. The third-order valence-corrected chi connectivity index (χ3v) is 3.87. The zero-order valence-corrected chi connectivity index (χ0v) is 15.8. The van der Waals surface area contributed by atoms with Gasteiger partial charge in [-0.05, 0) is 44.0 Å². The van der Waals surface area contributed by atoms with Gasteiger partial charge >= 0.3 is 12.2 Å². The fraction of sp³-hybridized carbons (Fsp3) is 0.250. The van der Waals surface area contributed by atoms with Crippen molar-refractivity contribution in [2.45, 2.75) is 33.0 Å². The van der Waals surface area contributed by atoms with E-state index in [0.29, 0.717) is 22.5 Å². The van der Waals surface area contributed by atoms with Gasteiger partial charge in [-0.2, -0.15) is 0 Å². The summed E-state index contributed by atoms with van der Waals surface area (Å²) in [4.78, 5) is 34.7. The summed E-state index contributed by atoms with van der Waals surface area (Å²) in [6.07, 6.45) is -1.91. The van der Waals surface area contributed by atoms with E-state index in [1.807, 2.05) is 0 Å². The first kappa shape index (κ1) is 20.9. The maximum atomic E-state index is 12.0. The van der Waals surface area contributed by atoms with Gasteiger partial charge in [0.25, 0.3) is 0 Å². The summed E-state index contributed by atoms with van der Waals surface area (Å²) in [6, 6.07) is 11.1. The molecule has 0 saturated heterocycles. The molecule has 0 unspecified atom stereocenters. The van der Waals surface area contributed by atoms with Crippen LogP contribution < -0.4 is 10.6 Å². The highest BCUT2D eigenvalue weighted by Gasteiger charge is 2.24. The van der Waals surface area contributed by atoms with Gasteiger partial charge in [-0.1, -0.05) is 30.3 Å². The first-order valence-corrected chi connectivity index (χ1v) is 8.47. The molecule has 28 heavy (non-hydrogen) atoms. The topological polar surface area (TPSA) is 125 Å². The Morgan fingerprint density at radius 1 is 1.04 bits per heavy atom. The van der Waals surface area contributed by atoms with Crippen LogP contribution in [0.5, 0.6) is 0 Å². The first-order chi connectivity index (χ1) is 13.1. The molecule has 4 N–H and O–H groups in total. The molecule has 2 amide bonds. The lowest BCUT2D eigenvalue weighted by Gasteiger charge is -2.15. The van der Waals surface area contributed by atoms with Crippen LogP contribution in [0.2, 0.25) is 0 Å². The van der Waals surface area contributed by atoms with Gasteiger partial charge in [-0.15, -0.1) is 0 Å². The van der Waals surface area contributed by atoms with E-state index < -0.39 is 23.6 Å². The third kappa shape index (κ3) is 5.82. The van der Waals surface area contributed by atoms with E-state index in [9.17, 15) is 19.5 Å². The van der Waals surface area contributed by atoms with Gasteiger partial charge < -0.3 is 14.9 Å². The van der Waals surface area contributed by atoms with E-state index in [2.05, 4.69) is 10.6 Å². The Balaban J connectivity index is 1.96. The number of ether oxygens (including phenoxy) is 1. The van der Waals surface area contributed by atoms with Crippen molar-refractivity contribution in [2.24, 2.45) is 0 Å². The zero-order chi connectivity index (χ0) is 20.9. The van der Waals surface area contributed by atoms with Crippen molar-refractivity contribution in [3.63, 3.8) is 0 Å². The predicted octanol–water partition coefficient (Wildman–Crippen LogP) is 3.79. The van der Waals surface area contributed by atoms with Crippen LogP contribution in [0.1, 0.15) is 35.3 Å². The monoisotopic (exact) mass is 386 g/mol. The van der Waals surface area contributed by atoms with Gasteiger partial charge in [0.2, 0.25) is 0 Å². The molecule has 0 bridgehead atoms. The number of carbonyl (C=O) groups is 3. The Morgan fingerprint density at radius 3 is 2.25 bits per heavy atom. The number of anilines is 2. The van der Waals surface area contributed by atoms with E-state index in [4.69, 9.17) is 9.84 Å². The average Bonchev–Trinajstić information content (AvgIpc) is 2.61. The summed E-state index contributed by atoms with van der Waals surface area (Å²) in [5.74, 6) is -0.400. The summed E-state index contributed by atoms with van der Waals surface area (Å²) < 4.78 is 5.15. The molecule has 0 saturated carbocycles. The fourth-order valence-corrected chi connectivity index (χ4v) is 2.36. The minimum Gasteiger partial charge on any atom is -0.465 e. The molecule has 0 heterocycles. The second kappa shape index (κ2) is 8.53. The van der Waals surface area contributed by atoms with Crippen molar-refractivity contribution in [1.82, 2.24) is 0 Å². The second-order valence-electron chi connectivity index (χ2n) is 6.75. The van der Waals surface area contributed by atoms with Crippen LogP contribution in [0.25, 0.3) is 0 Å². The van der Waals surface area contributed by atoms with Crippen molar-refractivity contribution in [3.05, 3.63) is 59.2 Å². The van der Waals surface area contributed by atoms with Crippen molar-refractivity contribution in [1.29, 1.82) is 0 Å². The normalized spacial score (nSPS) is 10.9. The van der Waals surface area contributed by atoms with Crippen LogP contribution in [0, 0.1) is 6.92 Å². The van der Waals surface area contributed by atoms with Crippen LogP contribution in [0.4, 0.5) is 21.0 Å². The number of ketones is 1. The minimum atomic E-state index is -1.46. The number of rotatable bonds is 6. The third-order valence-electron chi connectivity index (χ3n) is 3.87. The van der Waals surface area contributed by atoms with E-state index in [1.54, 1.807) is 43.3 Å². The first-order valence-electron chi connectivity index (χ1n) is 8.47. The van der Waals surface area contributed by atoms with Crippen LogP contribution >= 0.6 is 0 Å². The number of amides is 2. The molecule has 0 atom stereocenters.